The van der Waals surface area contributed by atoms with Gasteiger partial charge in [-0.1, -0.05) is 0 Å². The van der Waals surface area contributed by atoms with Gasteiger partial charge in [-0.25, -0.2) is 29.3 Å². The number of fused-ring (bicyclic) bond motifs is 5. The van der Waals surface area contributed by atoms with Crippen LogP contribution < -0.4 is 11.3 Å². The maximum atomic E-state index is 12.9. The quantitative estimate of drug-likeness (QED) is 0.228. The van der Waals surface area contributed by atoms with E-state index in [1.807, 2.05) is 4.57 Å². The Bertz CT molecular complexity index is 2030. The Balaban J connectivity index is 1.02. The van der Waals surface area contributed by atoms with E-state index in [-0.39, 0.29) is 61.0 Å². The lowest BCUT2D eigenvalue weighted by molar-refractivity contribution is -0.0371. The summed E-state index contributed by atoms with van der Waals surface area (Å²) in [7, 11) is -2.54. The van der Waals surface area contributed by atoms with Gasteiger partial charge >= 0.3 is 15.0 Å². The molecule has 18 nitrogen and oxygen atoms in total. The lowest BCUT2D eigenvalue weighted by atomic mass is 9.70. The van der Waals surface area contributed by atoms with Crippen LogP contribution in [0.15, 0.2) is 36.2 Å². The fraction of sp³-hybridized carbons (Fsp3) is 0.478. The number of nitrogens with zero attached hydrogens (tertiary/aromatic N) is 8. The van der Waals surface area contributed by atoms with Gasteiger partial charge in [0, 0.05) is 35.3 Å². The maximum Gasteiger partial charge on any atom is 0.697 e. The zero-order valence-electron chi connectivity index (χ0n) is 22.6. The Morgan fingerprint density at radius 2 is 1.86 bits per heavy atom. The van der Waals surface area contributed by atoms with Gasteiger partial charge in [0.25, 0.3) is 5.56 Å². The maximum absolute atomic E-state index is 12.9. The molecular weight excluding hydrogens is 638 g/mol. The molecule has 3 aliphatic rings. The normalized spacial score (nSPS) is 32.5. The van der Waals surface area contributed by atoms with E-state index in [1.54, 1.807) is 17.1 Å². The van der Waals surface area contributed by atoms with Crippen LogP contribution in [0.1, 0.15) is 25.1 Å². The number of nitrogen functional groups attached to an aromatic ring is 1. The van der Waals surface area contributed by atoms with Gasteiger partial charge in [0.1, 0.15) is 49.1 Å². The number of aromatic amines is 1. The van der Waals surface area contributed by atoms with Crippen LogP contribution in [0.3, 0.4) is 0 Å². The lowest BCUT2D eigenvalue weighted by Gasteiger charge is -2.44. The summed E-state index contributed by atoms with van der Waals surface area (Å²) in [5, 5.41) is 0. The Labute approximate surface area is 252 Å². The molecule has 230 valence electrons. The molecule has 2 saturated heterocycles. The van der Waals surface area contributed by atoms with Crippen molar-refractivity contribution in [3.8, 4) is 0 Å². The van der Waals surface area contributed by atoms with E-state index in [4.69, 9.17) is 40.4 Å². The van der Waals surface area contributed by atoms with Crippen molar-refractivity contribution in [1.82, 2.24) is 43.4 Å². The van der Waals surface area contributed by atoms with E-state index in [1.165, 1.54) is 23.3 Å². The number of ether oxygens (including phenoxy) is 1. The highest BCUT2D eigenvalue weighted by molar-refractivity contribution is 8.07. The van der Waals surface area contributed by atoms with Crippen LogP contribution in [-0.4, -0.2) is 80.4 Å². The third kappa shape index (κ3) is 4.76. The molecule has 0 aromatic carbocycles. The standard InChI is InChI=1S/C23H24N10O8P2S/c24-19-17-20(27-8-26-19)33(10-28-17)16-4-14-15(40-16)7-38-42(35)37-6-12-11(5-39-43(36,44)41-14)3-13(12)32-9-29-18-21(32)30-23-25-1-2-31(23)22(18)34/h1-2,8-16H,3-7H2,(H3-,24,25,26,27,30,34,36,44)/p+1/t11-,12-,13-,14+,15-,16-,43?/m1/s1. The molecule has 0 radical (unpaired) electrons. The Morgan fingerprint density at radius 3 is 2.75 bits per heavy atom. The van der Waals surface area contributed by atoms with Crippen molar-refractivity contribution in [3.05, 3.63) is 41.7 Å². The second-order valence-electron chi connectivity index (χ2n) is 10.8. The Kier molecular flexibility index (Phi) is 6.86. The predicted molar refractivity (Wildman–Crippen MR) is 155 cm³/mol. The third-order valence-corrected chi connectivity index (χ3v) is 10.7. The SMILES string of the molecule is Nc1ncnc2c1ncn2[C@H]1C[C@@H]2OP(O)(=S)OC[C@H]3C[C@@H](n4cnc5c(=O)n6ccnc6[nH]c54)[C@@H]3CO[P+](=O)OC[C@H]2O1. The minimum atomic E-state index is -3.74. The van der Waals surface area contributed by atoms with E-state index >= 15 is 0 Å². The number of rotatable bonds is 2. The molecule has 5 aromatic rings. The third-order valence-electron chi connectivity index (χ3n) is 8.40. The topological polar surface area (TPSA) is 221 Å². The first-order chi connectivity index (χ1) is 21.3. The van der Waals surface area contributed by atoms with E-state index in [2.05, 4.69) is 29.9 Å². The summed E-state index contributed by atoms with van der Waals surface area (Å²) in [6.45, 7) is -3.77. The molecule has 4 N–H and O–H groups in total. The fourth-order valence-corrected chi connectivity index (χ4v) is 8.29. The average Bonchev–Trinajstić information content (AvgIpc) is 3.77. The highest BCUT2D eigenvalue weighted by Crippen LogP contribution is 2.53. The van der Waals surface area contributed by atoms with E-state index in [0.717, 1.165) is 0 Å². The van der Waals surface area contributed by atoms with Crippen molar-refractivity contribution >= 4 is 60.7 Å². The van der Waals surface area contributed by atoms with Crippen LogP contribution in [0.25, 0.3) is 28.1 Å². The number of nitrogens with two attached hydrogens (primary N) is 1. The Hall–Kier alpha value is -3.25. The van der Waals surface area contributed by atoms with Crippen LogP contribution >= 0.6 is 15.0 Å². The van der Waals surface area contributed by atoms with Crippen molar-refractivity contribution < 1.29 is 32.3 Å². The molecule has 1 aliphatic carbocycles. The number of anilines is 1. The van der Waals surface area contributed by atoms with Crippen molar-refractivity contribution in [3.63, 3.8) is 0 Å². The van der Waals surface area contributed by atoms with Gasteiger partial charge in [0.2, 0.25) is 5.78 Å². The van der Waals surface area contributed by atoms with Gasteiger partial charge < -0.3 is 34.0 Å². The van der Waals surface area contributed by atoms with Crippen LogP contribution in [-0.2, 0) is 39.2 Å². The second-order valence-corrected chi connectivity index (χ2v) is 14.6. The van der Waals surface area contributed by atoms with Gasteiger partial charge in [-0.15, -0.1) is 9.05 Å². The van der Waals surface area contributed by atoms with Crippen LogP contribution in [0, 0.1) is 11.8 Å². The molecule has 0 spiro atoms. The van der Waals surface area contributed by atoms with Crippen LogP contribution in [0.5, 0.6) is 0 Å². The largest absolute Gasteiger partial charge is 0.697 e. The van der Waals surface area contributed by atoms with Crippen LogP contribution in [0.4, 0.5) is 5.82 Å². The lowest BCUT2D eigenvalue weighted by Crippen LogP contribution is -2.43. The molecule has 44 heavy (non-hydrogen) atoms. The summed E-state index contributed by atoms with van der Waals surface area (Å²) in [5.41, 5.74) is 7.28. The summed E-state index contributed by atoms with van der Waals surface area (Å²) in [6, 6.07) is -0.182. The molecule has 0 bridgehead atoms. The molecule has 2 aliphatic heterocycles. The van der Waals surface area contributed by atoms with Gasteiger partial charge in [-0.05, 0) is 24.1 Å². The van der Waals surface area contributed by atoms with Crippen molar-refractivity contribution in [2.45, 2.75) is 37.3 Å². The summed E-state index contributed by atoms with van der Waals surface area (Å²) in [6.07, 6.45) is 6.21. The molecule has 8 rings (SSSR count). The molecule has 0 amide bonds. The summed E-state index contributed by atoms with van der Waals surface area (Å²) >= 11 is 5.39. The smallest absolute Gasteiger partial charge is 0.382 e. The monoisotopic (exact) mass is 663 g/mol. The van der Waals surface area contributed by atoms with Gasteiger partial charge in [0.15, 0.2) is 17.0 Å². The first kappa shape index (κ1) is 28.2. The van der Waals surface area contributed by atoms with Crippen molar-refractivity contribution in [1.29, 1.82) is 0 Å². The highest BCUT2D eigenvalue weighted by Gasteiger charge is 2.48. The number of hydrogen-bond donors (Lipinski definition) is 3. The molecule has 8 atom stereocenters. The summed E-state index contributed by atoms with van der Waals surface area (Å²) in [4.78, 5) is 48.1. The molecule has 1 saturated carbocycles. The predicted octanol–water partition coefficient (Wildman–Crippen LogP) is 1.58. The summed E-state index contributed by atoms with van der Waals surface area (Å²) < 4.78 is 46.9. The number of imidazole rings is 3. The van der Waals surface area contributed by atoms with Crippen molar-refractivity contribution in [2.24, 2.45) is 11.8 Å². The average molecular weight is 664 g/mol. The minimum absolute atomic E-state index is 0.0539. The molecule has 7 heterocycles. The van der Waals surface area contributed by atoms with Crippen molar-refractivity contribution in [2.75, 3.05) is 25.6 Å². The molecule has 3 fully saturated rings. The zero-order chi connectivity index (χ0) is 30.2. The van der Waals surface area contributed by atoms with E-state index in [0.29, 0.717) is 29.0 Å². The van der Waals surface area contributed by atoms with Gasteiger partial charge in [-0.3, -0.25) is 9.36 Å². The molecule has 2 unspecified atom stereocenters. The van der Waals surface area contributed by atoms with E-state index < -0.39 is 33.4 Å². The van der Waals surface area contributed by atoms with Gasteiger partial charge in [-0.2, -0.15) is 0 Å². The first-order valence-corrected chi connectivity index (χ1v) is 17.3. The van der Waals surface area contributed by atoms with Crippen LogP contribution in [0.2, 0.25) is 0 Å². The fourth-order valence-electron chi connectivity index (χ4n) is 6.13. The minimum Gasteiger partial charge on any atom is -0.382 e. The number of hydrogen-bond acceptors (Lipinski definition) is 14. The molecule has 5 aromatic heterocycles. The first-order valence-electron chi connectivity index (χ1n) is 13.6. The number of H-pyrrole nitrogens is 1. The zero-order valence-corrected chi connectivity index (χ0v) is 25.3. The highest BCUT2D eigenvalue weighted by atomic mass is 32.5. The molecule has 21 heteroatoms. The second kappa shape index (κ2) is 10.7. The summed E-state index contributed by atoms with van der Waals surface area (Å²) in [5.74, 6) is 0.253. The Morgan fingerprint density at radius 1 is 1.05 bits per heavy atom. The van der Waals surface area contributed by atoms with E-state index in [9.17, 15) is 14.3 Å². The number of nitrogens with one attached hydrogen (secondary N) is 1. The molecular formula is C23H25N10O8P2S+. The number of aromatic nitrogens is 9. The van der Waals surface area contributed by atoms with Gasteiger partial charge in [0.05, 0.1) is 19.3 Å².